The Morgan fingerprint density at radius 3 is 2.91 bits per heavy atom. The number of hydrogen-bond donors (Lipinski definition) is 1. The first kappa shape index (κ1) is 15.1. The van der Waals surface area contributed by atoms with Gasteiger partial charge in [-0.1, -0.05) is 18.2 Å². The van der Waals surface area contributed by atoms with E-state index in [-0.39, 0.29) is 24.7 Å². The molecule has 0 radical (unpaired) electrons. The predicted octanol–water partition coefficient (Wildman–Crippen LogP) is 1.88. The van der Waals surface area contributed by atoms with E-state index in [1.165, 1.54) is 0 Å². The SMILES string of the molecule is CCn1c(C(=O)N2CC(CO)OCC2C)cc2ccccc21. The molecule has 1 aromatic carbocycles. The van der Waals surface area contributed by atoms with Gasteiger partial charge >= 0.3 is 0 Å². The summed E-state index contributed by atoms with van der Waals surface area (Å²) in [5.74, 6) is 0.00676. The maximum Gasteiger partial charge on any atom is 0.270 e. The minimum atomic E-state index is -0.292. The number of aryl methyl sites for hydroxylation is 1. The number of ether oxygens (including phenoxy) is 1. The van der Waals surface area contributed by atoms with Gasteiger partial charge in [0, 0.05) is 24.0 Å². The van der Waals surface area contributed by atoms with Crippen LogP contribution in [0.25, 0.3) is 10.9 Å². The summed E-state index contributed by atoms with van der Waals surface area (Å²) in [6, 6.07) is 10.0. The van der Waals surface area contributed by atoms with Crippen molar-refractivity contribution in [2.75, 3.05) is 19.8 Å². The van der Waals surface area contributed by atoms with E-state index in [0.29, 0.717) is 18.8 Å². The smallest absolute Gasteiger partial charge is 0.270 e. The van der Waals surface area contributed by atoms with Crippen molar-refractivity contribution < 1.29 is 14.6 Å². The normalized spacial score (nSPS) is 22.2. The fourth-order valence-corrected chi connectivity index (χ4v) is 3.09. The number of fused-ring (bicyclic) bond motifs is 1. The molecule has 1 saturated heterocycles. The van der Waals surface area contributed by atoms with Crippen LogP contribution in [0.3, 0.4) is 0 Å². The largest absolute Gasteiger partial charge is 0.394 e. The summed E-state index contributed by atoms with van der Waals surface area (Å²) in [5.41, 5.74) is 1.78. The van der Waals surface area contributed by atoms with E-state index in [2.05, 4.69) is 0 Å². The third-order valence-corrected chi connectivity index (χ3v) is 4.32. The summed E-state index contributed by atoms with van der Waals surface area (Å²) in [5, 5.41) is 10.4. The first-order chi connectivity index (χ1) is 10.7. The number of para-hydroxylation sites is 1. The molecular formula is C17H22N2O3. The van der Waals surface area contributed by atoms with Crippen LogP contribution in [0, 0.1) is 0 Å². The number of hydrogen-bond acceptors (Lipinski definition) is 3. The zero-order chi connectivity index (χ0) is 15.7. The van der Waals surface area contributed by atoms with Crippen molar-refractivity contribution in [2.24, 2.45) is 0 Å². The first-order valence-electron chi connectivity index (χ1n) is 7.77. The van der Waals surface area contributed by atoms with Gasteiger partial charge in [-0.2, -0.15) is 0 Å². The van der Waals surface area contributed by atoms with Gasteiger partial charge in [0.1, 0.15) is 5.69 Å². The average molecular weight is 302 g/mol. The third kappa shape index (κ3) is 2.51. The van der Waals surface area contributed by atoms with Crippen molar-refractivity contribution in [1.29, 1.82) is 0 Å². The summed E-state index contributed by atoms with van der Waals surface area (Å²) in [6.45, 7) is 5.60. The van der Waals surface area contributed by atoms with Crippen molar-refractivity contribution in [2.45, 2.75) is 32.5 Å². The minimum Gasteiger partial charge on any atom is -0.394 e. The van der Waals surface area contributed by atoms with Gasteiger partial charge in [-0.05, 0) is 26.0 Å². The molecule has 5 nitrogen and oxygen atoms in total. The number of aliphatic hydroxyl groups is 1. The number of rotatable bonds is 3. The van der Waals surface area contributed by atoms with Crippen molar-refractivity contribution in [1.82, 2.24) is 9.47 Å². The van der Waals surface area contributed by atoms with Crippen LogP contribution in [0.2, 0.25) is 0 Å². The molecule has 1 aliphatic rings. The topological polar surface area (TPSA) is 54.7 Å². The molecule has 3 rings (SSSR count). The quantitative estimate of drug-likeness (QED) is 0.942. The Hall–Kier alpha value is -1.85. The highest BCUT2D eigenvalue weighted by atomic mass is 16.5. The number of morpholine rings is 1. The van der Waals surface area contributed by atoms with Gasteiger partial charge in [-0.3, -0.25) is 4.79 Å². The van der Waals surface area contributed by atoms with Crippen LogP contribution in [-0.4, -0.2) is 52.4 Å². The van der Waals surface area contributed by atoms with E-state index in [0.717, 1.165) is 17.4 Å². The first-order valence-corrected chi connectivity index (χ1v) is 7.77. The van der Waals surface area contributed by atoms with Crippen LogP contribution in [0.4, 0.5) is 0 Å². The lowest BCUT2D eigenvalue weighted by Crippen LogP contribution is -2.52. The minimum absolute atomic E-state index is 0.00676. The van der Waals surface area contributed by atoms with E-state index >= 15 is 0 Å². The molecule has 0 spiro atoms. The number of carbonyl (C=O) groups is 1. The van der Waals surface area contributed by atoms with Crippen LogP contribution in [-0.2, 0) is 11.3 Å². The molecule has 1 amide bonds. The number of benzene rings is 1. The molecule has 0 aliphatic carbocycles. The summed E-state index contributed by atoms with van der Waals surface area (Å²) in [7, 11) is 0. The number of aliphatic hydroxyl groups excluding tert-OH is 1. The third-order valence-electron chi connectivity index (χ3n) is 4.32. The predicted molar refractivity (Wildman–Crippen MR) is 84.9 cm³/mol. The molecule has 1 fully saturated rings. The summed E-state index contributed by atoms with van der Waals surface area (Å²) in [4.78, 5) is 14.8. The van der Waals surface area contributed by atoms with Crippen LogP contribution >= 0.6 is 0 Å². The van der Waals surface area contributed by atoms with E-state index in [9.17, 15) is 9.90 Å². The molecule has 2 atom stereocenters. The van der Waals surface area contributed by atoms with E-state index in [4.69, 9.17) is 4.74 Å². The molecule has 5 heteroatoms. The lowest BCUT2D eigenvalue weighted by atomic mass is 10.1. The standard InChI is InChI=1S/C17H22N2O3/c1-3-18-15-7-5-4-6-13(15)8-16(18)17(21)19-9-14(10-20)22-11-12(19)2/h4-8,12,14,20H,3,9-11H2,1-2H3. The van der Waals surface area contributed by atoms with Gasteiger partial charge in [0.15, 0.2) is 0 Å². The second-order valence-electron chi connectivity index (χ2n) is 5.78. The maximum absolute atomic E-state index is 13.0. The Kier molecular flexibility index (Phi) is 4.18. The highest BCUT2D eigenvalue weighted by Gasteiger charge is 2.31. The van der Waals surface area contributed by atoms with E-state index in [1.54, 1.807) is 0 Å². The average Bonchev–Trinajstić information content (AvgIpc) is 2.93. The Morgan fingerprint density at radius 2 is 2.18 bits per heavy atom. The Balaban J connectivity index is 1.97. The molecule has 22 heavy (non-hydrogen) atoms. The van der Waals surface area contributed by atoms with Gasteiger partial charge in [-0.15, -0.1) is 0 Å². The Labute approximate surface area is 130 Å². The zero-order valence-corrected chi connectivity index (χ0v) is 13.0. The second kappa shape index (κ2) is 6.10. The van der Waals surface area contributed by atoms with Gasteiger partial charge in [-0.25, -0.2) is 0 Å². The molecule has 0 bridgehead atoms. The summed E-state index contributed by atoms with van der Waals surface area (Å²) in [6.07, 6.45) is -0.292. The maximum atomic E-state index is 13.0. The molecule has 2 unspecified atom stereocenters. The molecular weight excluding hydrogens is 280 g/mol. The molecule has 1 aliphatic heterocycles. The van der Waals surface area contributed by atoms with Crippen LogP contribution in [0.1, 0.15) is 24.3 Å². The number of nitrogens with zero attached hydrogens (tertiary/aromatic N) is 2. The summed E-state index contributed by atoms with van der Waals surface area (Å²) < 4.78 is 7.57. The van der Waals surface area contributed by atoms with Crippen molar-refractivity contribution in [3.05, 3.63) is 36.0 Å². The highest BCUT2D eigenvalue weighted by molar-refractivity contribution is 5.99. The Morgan fingerprint density at radius 1 is 1.41 bits per heavy atom. The van der Waals surface area contributed by atoms with Gasteiger partial charge < -0.3 is 19.3 Å². The van der Waals surface area contributed by atoms with Crippen molar-refractivity contribution in [3.63, 3.8) is 0 Å². The molecule has 118 valence electrons. The molecule has 2 aromatic rings. The summed E-state index contributed by atoms with van der Waals surface area (Å²) >= 11 is 0. The van der Waals surface area contributed by atoms with Crippen LogP contribution in [0.15, 0.2) is 30.3 Å². The van der Waals surface area contributed by atoms with Crippen molar-refractivity contribution >= 4 is 16.8 Å². The number of aromatic nitrogens is 1. The molecule has 1 aromatic heterocycles. The van der Waals surface area contributed by atoms with Crippen molar-refractivity contribution in [3.8, 4) is 0 Å². The molecule has 2 heterocycles. The lowest BCUT2D eigenvalue weighted by molar-refractivity contribution is -0.0669. The zero-order valence-electron chi connectivity index (χ0n) is 13.0. The van der Waals surface area contributed by atoms with Gasteiger partial charge in [0.25, 0.3) is 5.91 Å². The molecule has 1 N–H and O–H groups in total. The van der Waals surface area contributed by atoms with Crippen LogP contribution < -0.4 is 0 Å². The monoisotopic (exact) mass is 302 g/mol. The fourth-order valence-electron chi connectivity index (χ4n) is 3.09. The van der Waals surface area contributed by atoms with Gasteiger partial charge in [0.05, 0.1) is 25.4 Å². The van der Waals surface area contributed by atoms with E-state index in [1.807, 2.05) is 53.6 Å². The van der Waals surface area contributed by atoms with Gasteiger partial charge in [0.2, 0.25) is 0 Å². The highest BCUT2D eigenvalue weighted by Crippen LogP contribution is 2.23. The lowest BCUT2D eigenvalue weighted by Gasteiger charge is -2.37. The van der Waals surface area contributed by atoms with E-state index < -0.39 is 0 Å². The fraction of sp³-hybridized carbons (Fsp3) is 0.471. The number of carbonyl (C=O) groups excluding carboxylic acids is 1. The second-order valence-corrected chi connectivity index (χ2v) is 5.78. The van der Waals surface area contributed by atoms with Crippen LogP contribution in [0.5, 0.6) is 0 Å². The Bertz CT molecular complexity index is 680. The molecule has 0 saturated carbocycles. The number of amides is 1.